The monoisotopic (exact) mass is 310 g/mol. The third-order valence-electron chi connectivity index (χ3n) is 2.04. The Bertz CT molecular complexity index is 538. The lowest BCUT2D eigenvalue weighted by Crippen LogP contribution is -2.16. The Labute approximate surface area is 103 Å². The molecule has 0 fully saturated rings. The fourth-order valence-electron chi connectivity index (χ4n) is 1.40. The molecule has 1 aromatic heterocycles. The van der Waals surface area contributed by atoms with Crippen LogP contribution in [0.15, 0.2) is 16.7 Å². The summed E-state index contributed by atoms with van der Waals surface area (Å²) in [7, 11) is 0. The predicted molar refractivity (Wildman–Crippen MR) is 60.0 cm³/mol. The number of alkyl halides is 3. The van der Waals surface area contributed by atoms with Crippen molar-refractivity contribution in [3.63, 3.8) is 0 Å². The van der Waals surface area contributed by atoms with Crippen LogP contribution in [0.25, 0.3) is 10.9 Å². The minimum atomic E-state index is -3.73. The van der Waals surface area contributed by atoms with Crippen LogP contribution in [-0.2, 0) is 0 Å². The van der Waals surface area contributed by atoms with Gasteiger partial charge >= 0.3 is 5.57 Å². The van der Waals surface area contributed by atoms with E-state index in [1.165, 1.54) is 6.20 Å². The van der Waals surface area contributed by atoms with E-state index in [1.807, 2.05) is 0 Å². The highest BCUT2D eigenvalue weighted by atomic mass is 79.9. The average Bonchev–Trinajstić information content (AvgIpc) is 2.58. The van der Waals surface area contributed by atoms with Gasteiger partial charge in [-0.2, -0.15) is 5.10 Å². The molecule has 0 aliphatic rings. The van der Waals surface area contributed by atoms with Crippen LogP contribution in [0, 0.1) is 6.92 Å². The number of hydrogen-bond donors (Lipinski definition) is 1. The molecule has 3 nitrogen and oxygen atoms in total. The molecule has 0 aliphatic carbocycles. The second-order valence-corrected chi connectivity index (χ2v) is 4.45. The van der Waals surface area contributed by atoms with Gasteiger partial charge < -0.3 is 4.74 Å². The number of nitrogens with one attached hydrogen (secondary N) is 1. The Kier molecular flexibility index (Phi) is 2.79. The number of aromatic amines is 1. The number of rotatable bonds is 2. The van der Waals surface area contributed by atoms with Crippen molar-refractivity contribution >= 4 is 38.4 Å². The summed E-state index contributed by atoms with van der Waals surface area (Å²) in [5, 5.41) is 7.20. The highest BCUT2D eigenvalue weighted by molar-refractivity contribution is 9.10. The molecule has 0 aliphatic heterocycles. The Morgan fingerprint density at radius 1 is 1.56 bits per heavy atom. The number of nitrogens with zero attached hydrogens (tertiary/aromatic N) is 1. The number of benzene rings is 1. The van der Waals surface area contributed by atoms with Crippen molar-refractivity contribution in [2.24, 2.45) is 0 Å². The molecule has 0 saturated heterocycles. The van der Waals surface area contributed by atoms with E-state index in [-0.39, 0.29) is 5.75 Å². The smallest absolute Gasteiger partial charge is 0.418 e. The van der Waals surface area contributed by atoms with Crippen LogP contribution in [0.5, 0.6) is 5.75 Å². The van der Waals surface area contributed by atoms with Gasteiger partial charge in [0.25, 0.3) is 0 Å². The fourth-order valence-corrected chi connectivity index (χ4v) is 2.19. The van der Waals surface area contributed by atoms with Gasteiger partial charge in [0, 0.05) is 17.0 Å². The lowest BCUT2D eigenvalue weighted by molar-refractivity contribution is -0.0972. The average molecular weight is 312 g/mol. The Morgan fingerprint density at radius 3 is 2.88 bits per heavy atom. The van der Waals surface area contributed by atoms with Crippen molar-refractivity contribution in [3.05, 3.63) is 22.3 Å². The molecule has 16 heavy (non-hydrogen) atoms. The lowest BCUT2D eigenvalue weighted by atomic mass is 10.1. The summed E-state index contributed by atoms with van der Waals surface area (Å²) in [5.74, 6) is 0.00824. The molecule has 1 N–H and O–H groups in total. The standard InChI is InChI=1S/C9H6BrClF2N2O/c1-4-2-6-5(3-14-15-6)7(10)8(4)16-9(11,12)13/h2-3H,1H3,(H,14,15). The molecule has 7 heteroatoms. The Balaban J connectivity index is 2.59. The number of hydrogen-bond acceptors (Lipinski definition) is 2. The first kappa shape index (κ1) is 11.6. The zero-order chi connectivity index (χ0) is 11.9. The summed E-state index contributed by atoms with van der Waals surface area (Å²) in [5.41, 5.74) is -2.47. The normalized spacial score (nSPS) is 12.1. The van der Waals surface area contributed by atoms with E-state index in [1.54, 1.807) is 13.0 Å². The molecule has 2 aromatic rings. The number of ether oxygens (including phenoxy) is 1. The molecule has 86 valence electrons. The van der Waals surface area contributed by atoms with Gasteiger partial charge in [-0.25, -0.2) is 0 Å². The fraction of sp³-hybridized carbons (Fsp3) is 0.222. The van der Waals surface area contributed by atoms with Crippen molar-refractivity contribution in [1.29, 1.82) is 0 Å². The topological polar surface area (TPSA) is 37.9 Å². The van der Waals surface area contributed by atoms with Crippen molar-refractivity contribution in [1.82, 2.24) is 10.2 Å². The second kappa shape index (κ2) is 3.85. The SMILES string of the molecule is Cc1cc2[nH]ncc2c(Br)c1OC(F)(F)Cl. The zero-order valence-electron chi connectivity index (χ0n) is 8.02. The molecule has 0 spiro atoms. The predicted octanol–water partition coefficient (Wildman–Crippen LogP) is 3.80. The van der Waals surface area contributed by atoms with Gasteiger partial charge in [0.05, 0.1) is 16.2 Å². The van der Waals surface area contributed by atoms with Gasteiger partial charge in [-0.05, 0) is 34.5 Å². The maximum atomic E-state index is 12.6. The first-order chi connectivity index (χ1) is 7.38. The molecule has 1 heterocycles. The third-order valence-corrected chi connectivity index (χ3v) is 2.91. The summed E-state index contributed by atoms with van der Waals surface area (Å²) in [6.07, 6.45) is 1.51. The van der Waals surface area contributed by atoms with Crippen LogP contribution in [0.4, 0.5) is 8.78 Å². The molecular formula is C9H6BrClF2N2O. The molecule has 0 amide bonds. The van der Waals surface area contributed by atoms with E-state index >= 15 is 0 Å². The quantitative estimate of drug-likeness (QED) is 0.857. The van der Waals surface area contributed by atoms with Crippen molar-refractivity contribution in [2.45, 2.75) is 12.5 Å². The van der Waals surface area contributed by atoms with Gasteiger partial charge in [0.1, 0.15) is 5.75 Å². The molecule has 0 unspecified atom stereocenters. The van der Waals surface area contributed by atoms with Crippen LogP contribution < -0.4 is 4.74 Å². The molecule has 0 radical (unpaired) electrons. The Hall–Kier alpha value is -0.880. The largest absolute Gasteiger partial charge is 0.487 e. The molecule has 0 atom stereocenters. The number of aryl methyl sites for hydroxylation is 1. The third kappa shape index (κ3) is 2.12. The minimum absolute atomic E-state index is 0.00824. The molecule has 2 rings (SSSR count). The van der Waals surface area contributed by atoms with Crippen molar-refractivity contribution < 1.29 is 13.5 Å². The van der Waals surface area contributed by atoms with E-state index in [9.17, 15) is 8.78 Å². The van der Waals surface area contributed by atoms with Crippen molar-refractivity contribution in [3.8, 4) is 5.75 Å². The van der Waals surface area contributed by atoms with Gasteiger partial charge in [0.15, 0.2) is 0 Å². The van der Waals surface area contributed by atoms with E-state index in [0.717, 1.165) is 5.52 Å². The lowest BCUT2D eigenvalue weighted by Gasteiger charge is -2.14. The van der Waals surface area contributed by atoms with Crippen molar-refractivity contribution in [2.75, 3.05) is 0 Å². The van der Waals surface area contributed by atoms with E-state index in [2.05, 4.69) is 30.9 Å². The molecule has 0 saturated carbocycles. The first-order valence-electron chi connectivity index (χ1n) is 4.26. The summed E-state index contributed by atoms with van der Waals surface area (Å²) >= 11 is 7.92. The zero-order valence-corrected chi connectivity index (χ0v) is 10.4. The number of aromatic nitrogens is 2. The van der Waals surface area contributed by atoms with E-state index in [0.29, 0.717) is 15.4 Å². The number of halogens is 4. The van der Waals surface area contributed by atoms with Crippen LogP contribution in [0.1, 0.15) is 5.56 Å². The molecule has 0 bridgehead atoms. The van der Waals surface area contributed by atoms with E-state index < -0.39 is 5.57 Å². The van der Waals surface area contributed by atoms with Gasteiger partial charge in [-0.1, -0.05) is 0 Å². The van der Waals surface area contributed by atoms with Gasteiger partial charge in [-0.3, -0.25) is 5.10 Å². The van der Waals surface area contributed by atoms with Crippen LogP contribution >= 0.6 is 27.5 Å². The summed E-state index contributed by atoms with van der Waals surface area (Å²) < 4.78 is 30.0. The number of H-pyrrole nitrogens is 1. The second-order valence-electron chi connectivity index (χ2n) is 3.22. The highest BCUT2D eigenvalue weighted by Crippen LogP contribution is 2.38. The van der Waals surface area contributed by atoms with Crippen LogP contribution in [0.2, 0.25) is 0 Å². The maximum absolute atomic E-state index is 12.6. The first-order valence-corrected chi connectivity index (χ1v) is 5.43. The highest BCUT2D eigenvalue weighted by Gasteiger charge is 2.30. The van der Waals surface area contributed by atoms with Crippen LogP contribution in [-0.4, -0.2) is 15.8 Å². The number of fused-ring (bicyclic) bond motifs is 1. The van der Waals surface area contributed by atoms with E-state index in [4.69, 9.17) is 11.6 Å². The molecular weight excluding hydrogens is 305 g/mol. The van der Waals surface area contributed by atoms with Crippen LogP contribution in [0.3, 0.4) is 0 Å². The summed E-state index contributed by atoms with van der Waals surface area (Å²) in [6, 6.07) is 1.66. The molecule has 1 aromatic carbocycles. The summed E-state index contributed by atoms with van der Waals surface area (Å²) in [6.45, 7) is 1.64. The maximum Gasteiger partial charge on any atom is 0.487 e. The Morgan fingerprint density at radius 2 is 2.25 bits per heavy atom. The minimum Gasteiger partial charge on any atom is -0.418 e. The summed E-state index contributed by atoms with van der Waals surface area (Å²) in [4.78, 5) is 0. The van der Waals surface area contributed by atoms with Gasteiger partial charge in [0.2, 0.25) is 0 Å². The van der Waals surface area contributed by atoms with Gasteiger partial charge in [-0.15, -0.1) is 8.78 Å².